The Morgan fingerprint density at radius 1 is 1.24 bits per heavy atom. The molecule has 0 saturated carbocycles. The van der Waals surface area contributed by atoms with Crippen molar-refractivity contribution in [3.63, 3.8) is 0 Å². The second kappa shape index (κ2) is 8.40. The van der Waals surface area contributed by atoms with Gasteiger partial charge in [0.15, 0.2) is 6.67 Å². The van der Waals surface area contributed by atoms with Gasteiger partial charge in [-0.05, 0) is 18.1 Å². The lowest BCUT2D eigenvalue weighted by Gasteiger charge is -2.07. The fourth-order valence-electron chi connectivity index (χ4n) is 1.82. The number of pyridine rings is 2. The Bertz CT molecular complexity index is 858. The van der Waals surface area contributed by atoms with Crippen LogP contribution in [0.3, 0.4) is 0 Å². The molecule has 0 atom stereocenters. The lowest BCUT2D eigenvalue weighted by molar-refractivity contribution is -0.117. The van der Waals surface area contributed by atoms with Crippen LogP contribution < -0.4 is 15.4 Å². The zero-order chi connectivity index (χ0) is 18.2. The number of halogens is 1. The van der Waals surface area contributed by atoms with Crippen molar-refractivity contribution in [3.8, 4) is 17.6 Å². The summed E-state index contributed by atoms with van der Waals surface area (Å²) in [5.41, 5.74) is 1.07. The predicted octanol–water partition coefficient (Wildman–Crippen LogP) is 1.75. The summed E-state index contributed by atoms with van der Waals surface area (Å²) in [6, 6.07) is 4.75. The van der Waals surface area contributed by atoms with Gasteiger partial charge < -0.3 is 15.4 Å². The van der Waals surface area contributed by atoms with Gasteiger partial charge in [0.05, 0.1) is 19.0 Å². The van der Waals surface area contributed by atoms with Gasteiger partial charge in [-0.25, -0.2) is 14.4 Å². The summed E-state index contributed by atoms with van der Waals surface area (Å²) in [6.45, 7) is 0.218. The number of alkyl halides is 1. The second-order valence-electron chi connectivity index (χ2n) is 4.81. The van der Waals surface area contributed by atoms with Crippen LogP contribution >= 0.6 is 0 Å². The summed E-state index contributed by atoms with van der Waals surface area (Å²) in [4.78, 5) is 30.5. The van der Waals surface area contributed by atoms with Crippen LogP contribution in [0.2, 0.25) is 0 Å². The van der Waals surface area contributed by atoms with Crippen LogP contribution in [0.1, 0.15) is 18.2 Å². The molecular weight excluding hydrogens is 327 g/mol. The largest absolute Gasteiger partial charge is 0.495 e. The Hall–Kier alpha value is -3.47. The number of anilines is 2. The molecule has 2 rings (SSSR count). The van der Waals surface area contributed by atoms with Crippen LogP contribution in [-0.4, -0.2) is 35.6 Å². The van der Waals surface area contributed by atoms with E-state index in [9.17, 15) is 14.0 Å². The van der Waals surface area contributed by atoms with Crippen molar-refractivity contribution in [1.82, 2.24) is 9.97 Å². The summed E-state index contributed by atoms with van der Waals surface area (Å²) >= 11 is 0. The molecule has 8 heteroatoms. The standard InChI is InChI=1S/C17H15FN4O3/c1-11(23)21-16-7-12(5-6-19-16)3-4-14-15(22-17(24)9-18)8-13(25-2)10-20-14/h5-8,10H,9H2,1-2H3,(H,22,24)(H,19,21,23). The van der Waals surface area contributed by atoms with Gasteiger partial charge in [-0.3, -0.25) is 9.59 Å². The summed E-state index contributed by atoms with van der Waals surface area (Å²) in [5.74, 6) is 5.36. The molecule has 0 radical (unpaired) electrons. The molecule has 2 aromatic rings. The zero-order valence-electron chi connectivity index (χ0n) is 13.6. The van der Waals surface area contributed by atoms with Crippen LogP contribution in [0, 0.1) is 11.8 Å². The summed E-state index contributed by atoms with van der Waals surface area (Å²) in [5, 5.41) is 4.94. The van der Waals surface area contributed by atoms with E-state index in [4.69, 9.17) is 4.74 Å². The Labute approximate surface area is 143 Å². The minimum Gasteiger partial charge on any atom is -0.495 e. The quantitative estimate of drug-likeness (QED) is 0.826. The number of carbonyl (C=O) groups is 2. The third-order valence-corrected chi connectivity index (χ3v) is 2.88. The normalized spacial score (nSPS) is 9.56. The van der Waals surface area contributed by atoms with Crippen molar-refractivity contribution in [3.05, 3.63) is 41.9 Å². The third-order valence-electron chi connectivity index (χ3n) is 2.88. The van der Waals surface area contributed by atoms with Crippen molar-refractivity contribution < 1.29 is 18.7 Å². The molecule has 7 nitrogen and oxygen atoms in total. The highest BCUT2D eigenvalue weighted by Gasteiger charge is 2.08. The number of hydrogen-bond acceptors (Lipinski definition) is 5. The van der Waals surface area contributed by atoms with Gasteiger partial charge in [0, 0.05) is 24.8 Å². The first-order chi connectivity index (χ1) is 12.0. The smallest absolute Gasteiger partial charge is 0.255 e. The van der Waals surface area contributed by atoms with Crippen LogP contribution in [0.25, 0.3) is 0 Å². The van der Waals surface area contributed by atoms with E-state index in [-0.39, 0.29) is 17.3 Å². The number of methoxy groups -OCH3 is 1. The fourth-order valence-corrected chi connectivity index (χ4v) is 1.82. The Morgan fingerprint density at radius 3 is 2.72 bits per heavy atom. The first-order valence-electron chi connectivity index (χ1n) is 7.17. The van der Waals surface area contributed by atoms with E-state index >= 15 is 0 Å². The molecule has 2 N–H and O–H groups in total. The Balaban J connectivity index is 2.32. The first-order valence-corrected chi connectivity index (χ1v) is 7.17. The van der Waals surface area contributed by atoms with E-state index in [2.05, 4.69) is 32.4 Å². The molecule has 2 aromatic heterocycles. The van der Waals surface area contributed by atoms with Crippen molar-refractivity contribution in [1.29, 1.82) is 0 Å². The highest BCUT2D eigenvalue weighted by molar-refractivity contribution is 5.93. The number of carbonyl (C=O) groups excluding carboxylic acids is 2. The summed E-state index contributed by atoms with van der Waals surface area (Å²) in [6.07, 6.45) is 2.94. The predicted molar refractivity (Wildman–Crippen MR) is 89.9 cm³/mol. The van der Waals surface area contributed by atoms with Crippen molar-refractivity contribution in [2.45, 2.75) is 6.92 Å². The van der Waals surface area contributed by atoms with E-state index in [0.717, 1.165) is 0 Å². The van der Waals surface area contributed by atoms with Crippen LogP contribution in [0.5, 0.6) is 5.75 Å². The zero-order valence-corrected chi connectivity index (χ0v) is 13.6. The highest BCUT2D eigenvalue weighted by Crippen LogP contribution is 2.19. The molecule has 0 aliphatic carbocycles. The Morgan fingerprint density at radius 2 is 2.04 bits per heavy atom. The lowest BCUT2D eigenvalue weighted by Crippen LogP contribution is -2.14. The molecule has 0 aliphatic rings. The molecule has 0 unspecified atom stereocenters. The van der Waals surface area contributed by atoms with E-state index in [0.29, 0.717) is 17.1 Å². The maximum atomic E-state index is 12.4. The van der Waals surface area contributed by atoms with Gasteiger partial charge in [0.1, 0.15) is 17.3 Å². The molecule has 0 bridgehead atoms. The summed E-state index contributed by atoms with van der Waals surface area (Å²) in [7, 11) is 1.45. The van der Waals surface area contributed by atoms with Crippen molar-refractivity contribution in [2.24, 2.45) is 0 Å². The molecule has 2 heterocycles. The minimum atomic E-state index is -1.16. The van der Waals surface area contributed by atoms with E-state index < -0.39 is 12.6 Å². The van der Waals surface area contributed by atoms with Gasteiger partial charge >= 0.3 is 0 Å². The lowest BCUT2D eigenvalue weighted by atomic mass is 10.2. The molecule has 0 spiro atoms. The molecule has 2 amide bonds. The second-order valence-corrected chi connectivity index (χ2v) is 4.81. The molecule has 0 aliphatic heterocycles. The highest BCUT2D eigenvalue weighted by atomic mass is 19.1. The van der Waals surface area contributed by atoms with Gasteiger partial charge in [-0.2, -0.15) is 0 Å². The monoisotopic (exact) mass is 342 g/mol. The molecule has 25 heavy (non-hydrogen) atoms. The maximum absolute atomic E-state index is 12.4. The number of ether oxygens (including phenoxy) is 1. The number of amides is 2. The third kappa shape index (κ3) is 5.28. The van der Waals surface area contributed by atoms with Gasteiger partial charge in [0.2, 0.25) is 5.91 Å². The van der Waals surface area contributed by atoms with Gasteiger partial charge in [-0.15, -0.1) is 0 Å². The van der Waals surface area contributed by atoms with Gasteiger partial charge in [0.25, 0.3) is 5.91 Å². The fraction of sp³-hybridized carbons (Fsp3) is 0.176. The van der Waals surface area contributed by atoms with Gasteiger partial charge in [-0.1, -0.05) is 5.92 Å². The number of aromatic nitrogens is 2. The average Bonchev–Trinajstić information content (AvgIpc) is 2.60. The van der Waals surface area contributed by atoms with Crippen molar-refractivity contribution in [2.75, 3.05) is 24.4 Å². The summed E-state index contributed by atoms with van der Waals surface area (Å²) < 4.78 is 17.5. The van der Waals surface area contributed by atoms with Crippen molar-refractivity contribution >= 4 is 23.3 Å². The SMILES string of the molecule is COc1cnc(C#Cc2ccnc(NC(C)=O)c2)c(NC(=O)CF)c1. The molecule has 0 fully saturated rings. The molecule has 0 saturated heterocycles. The molecule has 128 valence electrons. The number of nitrogens with zero attached hydrogens (tertiary/aromatic N) is 2. The Kier molecular flexibility index (Phi) is 6.01. The van der Waals surface area contributed by atoms with E-state index in [1.165, 1.54) is 32.5 Å². The molecular formula is C17H15FN4O3. The van der Waals surface area contributed by atoms with E-state index in [1.807, 2.05) is 0 Å². The minimum absolute atomic E-state index is 0.241. The average molecular weight is 342 g/mol. The van der Waals surface area contributed by atoms with Crippen LogP contribution in [0.15, 0.2) is 30.6 Å². The topological polar surface area (TPSA) is 93.2 Å². The van der Waals surface area contributed by atoms with Crippen LogP contribution in [0.4, 0.5) is 15.9 Å². The van der Waals surface area contributed by atoms with Crippen LogP contribution in [-0.2, 0) is 9.59 Å². The molecule has 0 aromatic carbocycles. The number of hydrogen-bond donors (Lipinski definition) is 2. The number of nitrogens with one attached hydrogen (secondary N) is 2. The maximum Gasteiger partial charge on any atom is 0.255 e. The van der Waals surface area contributed by atoms with E-state index in [1.54, 1.807) is 12.1 Å². The number of rotatable bonds is 4. The first kappa shape index (κ1) is 17.9.